The first-order chi connectivity index (χ1) is 9.81. The molecule has 2 N–H and O–H groups in total. The van der Waals surface area contributed by atoms with Gasteiger partial charge in [-0.15, -0.1) is 0 Å². The summed E-state index contributed by atoms with van der Waals surface area (Å²) in [7, 11) is 0. The van der Waals surface area contributed by atoms with Crippen LogP contribution in [-0.2, 0) is 4.79 Å². The van der Waals surface area contributed by atoms with Crippen LogP contribution < -0.4 is 5.32 Å². The van der Waals surface area contributed by atoms with Crippen molar-refractivity contribution >= 4 is 11.9 Å². The maximum atomic E-state index is 13.2. The number of nitrogens with one attached hydrogen (secondary N) is 1. The van der Waals surface area contributed by atoms with Crippen LogP contribution in [0.5, 0.6) is 0 Å². The van der Waals surface area contributed by atoms with Gasteiger partial charge >= 0.3 is 5.97 Å². The van der Waals surface area contributed by atoms with E-state index in [1.165, 1.54) is 18.2 Å². The SMILES string of the molecule is Cc1cc(C(=O)N2CCC(C)(NCC(=O)O)C2)ccc1F. The number of likely N-dealkylation sites (tertiary alicyclic amines) is 1. The molecular formula is C15H19FN2O3. The summed E-state index contributed by atoms with van der Waals surface area (Å²) in [6, 6.07) is 4.31. The number of hydrogen-bond acceptors (Lipinski definition) is 3. The fourth-order valence-corrected chi connectivity index (χ4v) is 2.53. The third kappa shape index (κ3) is 3.58. The zero-order chi connectivity index (χ0) is 15.6. The highest BCUT2D eigenvalue weighted by Crippen LogP contribution is 2.23. The van der Waals surface area contributed by atoms with Gasteiger partial charge in [0, 0.05) is 24.2 Å². The average Bonchev–Trinajstić information content (AvgIpc) is 2.82. The Morgan fingerprint density at radius 3 is 2.81 bits per heavy atom. The van der Waals surface area contributed by atoms with Crippen LogP contribution in [0.4, 0.5) is 4.39 Å². The minimum Gasteiger partial charge on any atom is -0.480 e. The number of benzene rings is 1. The summed E-state index contributed by atoms with van der Waals surface area (Å²) >= 11 is 0. The van der Waals surface area contributed by atoms with E-state index in [1.807, 2.05) is 6.92 Å². The molecule has 1 unspecified atom stereocenters. The molecule has 1 heterocycles. The van der Waals surface area contributed by atoms with E-state index in [-0.39, 0.29) is 18.3 Å². The predicted octanol–water partition coefficient (Wildman–Crippen LogP) is 1.41. The molecule has 0 aromatic heterocycles. The Labute approximate surface area is 122 Å². The first kappa shape index (κ1) is 15.4. The van der Waals surface area contributed by atoms with Crippen LogP contribution >= 0.6 is 0 Å². The molecule has 6 heteroatoms. The molecule has 2 rings (SSSR count). The van der Waals surface area contributed by atoms with E-state index in [9.17, 15) is 14.0 Å². The molecule has 1 amide bonds. The molecule has 0 spiro atoms. The van der Waals surface area contributed by atoms with Crippen LogP contribution in [0.3, 0.4) is 0 Å². The number of carboxylic acid groups (broad SMARTS) is 1. The van der Waals surface area contributed by atoms with Crippen molar-refractivity contribution in [3.63, 3.8) is 0 Å². The zero-order valence-electron chi connectivity index (χ0n) is 12.1. The standard InChI is InChI=1S/C15H19FN2O3/c1-10-7-11(3-4-12(10)16)14(21)18-6-5-15(2,9-18)17-8-13(19)20/h3-4,7,17H,5-6,8-9H2,1-2H3,(H,19,20). The van der Waals surface area contributed by atoms with E-state index in [2.05, 4.69) is 5.32 Å². The molecule has 1 aromatic carbocycles. The first-order valence-corrected chi connectivity index (χ1v) is 6.83. The highest BCUT2D eigenvalue weighted by Gasteiger charge is 2.36. The van der Waals surface area contributed by atoms with Crippen molar-refractivity contribution in [2.45, 2.75) is 25.8 Å². The van der Waals surface area contributed by atoms with E-state index < -0.39 is 11.5 Å². The topological polar surface area (TPSA) is 69.6 Å². The summed E-state index contributed by atoms with van der Waals surface area (Å²) in [6.07, 6.45) is 0.687. The highest BCUT2D eigenvalue weighted by atomic mass is 19.1. The normalized spacial score (nSPS) is 21.6. The summed E-state index contributed by atoms with van der Waals surface area (Å²) in [4.78, 5) is 24.7. The number of carbonyl (C=O) groups is 2. The maximum absolute atomic E-state index is 13.2. The molecule has 1 aliphatic rings. The Balaban J connectivity index is 2.04. The summed E-state index contributed by atoms with van der Waals surface area (Å²) in [5.41, 5.74) is 0.492. The Morgan fingerprint density at radius 1 is 1.48 bits per heavy atom. The van der Waals surface area contributed by atoms with Gasteiger partial charge in [-0.1, -0.05) is 0 Å². The molecule has 5 nitrogen and oxygen atoms in total. The molecule has 1 atom stereocenters. The van der Waals surface area contributed by atoms with Gasteiger partial charge in [-0.25, -0.2) is 4.39 Å². The Kier molecular flexibility index (Phi) is 4.27. The van der Waals surface area contributed by atoms with Crippen LogP contribution in [-0.4, -0.2) is 47.1 Å². The molecule has 1 aliphatic heterocycles. The Hall–Kier alpha value is -1.95. The van der Waals surface area contributed by atoms with Crippen LogP contribution in [0.25, 0.3) is 0 Å². The van der Waals surface area contributed by atoms with Crippen molar-refractivity contribution in [2.75, 3.05) is 19.6 Å². The number of hydrogen-bond donors (Lipinski definition) is 2. The van der Waals surface area contributed by atoms with Gasteiger partial charge in [-0.05, 0) is 44.0 Å². The predicted molar refractivity (Wildman–Crippen MR) is 75.7 cm³/mol. The molecule has 0 saturated carbocycles. The van der Waals surface area contributed by atoms with E-state index in [1.54, 1.807) is 11.8 Å². The van der Waals surface area contributed by atoms with Crippen molar-refractivity contribution in [3.05, 3.63) is 35.1 Å². The lowest BCUT2D eigenvalue weighted by Crippen LogP contribution is -2.47. The van der Waals surface area contributed by atoms with Gasteiger partial charge in [0.25, 0.3) is 5.91 Å². The van der Waals surface area contributed by atoms with Gasteiger partial charge in [0.15, 0.2) is 0 Å². The van der Waals surface area contributed by atoms with Gasteiger partial charge in [0.05, 0.1) is 6.54 Å². The third-order valence-corrected chi connectivity index (χ3v) is 3.83. The van der Waals surface area contributed by atoms with Crippen molar-refractivity contribution in [1.82, 2.24) is 10.2 Å². The van der Waals surface area contributed by atoms with Gasteiger partial charge in [0.1, 0.15) is 5.82 Å². The first-order valence-electron chi connectivity index (χ1n) is 6.83. The molecular weight excluding hydrogens is 275 g/mol. The highest BCUT2D eigenvalue weighted by molar-refractivity contribution is 5.94. The molecule has 1 aromatic rings. The minimum atomic E-state index is -0.921. The van der Waals surface area contributed by atoms with Crippen LogP contribution in [0.1, 0.15) is 29.3 Å². The summed E-state index contributed by atoms with van der Waals surface area (Å²) in [5, 5.41) is 11.7. The van der Waals surface area contributed by atoms with Crippen LogP contribution in [0.2, 0.25) is 0 Å². The number of halogens is 1. The number of nitrogens with zero attached hydrogens (tertiary/aromatic N) is 1. The number of carboxylic acids is 1. The van der Waals surface area contributed by atoms with E-state index in [4.69, 9.17) is 5.11 Å². The molecule has 1 fully saturated rings. The number of rotatable bonds is 4. The number of carbonyl (C=O) groups excluding carboxylic acids is 1. The summed E-state index contributed by atoms with van der Waals surface area (Å²) < 4.78 is 13.2. The van der Waals surface area contributed by atoms with Crippen LogP contribution in [0.15, 0.2) is 18.2 Å². The van der Waals surface area contributed by atoms with Gasteiger partial charge in [-0.3, -0.25) is 14.9 Å². The van der Waals surface area contributed by atoms with Crippen molar-refractivity contribution < 1.29 is 19.1 Å². The minimum absolute atomic E-state index is 0.131. The fourth-order valence-electron chi connectivity index (χ4n) is 2.53. The fraction of sp³-hybridized carbons (Fsp3) is 0.467. The summed E-state index contributed by atoms with van der Waals surface area (Å²) in [5.74, 6) is -1.41. The van der Waals surface area contributed by atoms with Crippen LogP contribution in [0, 0.1) is 12.7 Å². The number of aryl methyl sites for hydroxylation is 1. The van der Waals surface area contributed by atoms with Gasteiger partial charge in [0.2, 0.25) is 0 Å². The lowest BCUT2D eigenvalue weighted by Gasteiger charge is -2.25. The van der Waals surface area contributed by atoms with Gasteiger partial charge < -0.3 is 10.0 Å². The van der Waals surface area contributed by atoms with E-state index >= 15 is 0 Å². The van der Waals surface area contributed by atoms with Crippen molar-refractivity contribution in [1.29, 1.82) is 0 Å². The average molecular weight is 294 g/mol. The van der Waals surface area contributed by atoms with E-state index in [0.29, 0.717) is 30.6 Å². The molecule has 114 valence electrons. The lowest BCUT2D eigenvalue weighted by atomic mass is 10.0. The molecule has 1 saturated heterocycles. The number of amides is 1. The maximum Gasteiger partial charge on any atom is 0.317 e. The van der Waals surface area contributed by atoms with Gasteiger partial charge in [-0.2, -0.15) is 0 Å². The largest absolute Gasteiger partial charge is 0.480 e. The van der Waals surface area contributed by atoms with Crippen molar-refractivity contribution in [3.8, 4) is 0 Å². The monoisotopic (exact) mass is 294 g/mol. The summed E-state index contributed by atoms with van der Waals surface area (Å²) in [6.45, 7) is 4.38. The quantitative estimate of drug-likeness (QED) is 0.881. The molecule has 0 bridgehead atoms. The van der Waals surface area contributed by atoms with E-state index in [0.717, 1.165) is 0 Å². The van der Waals surface area contributed by atoms with Crippen molar-refractivity contribution in [2.24, 2.45) is 0 Å². The lowest BCUT2D eigenvalue weighted by molar-refractivity contribution is -0.136. The second-order valence-electron chi connectivity index (χ2n) is 5.75. The third-order valence-electron chi connectivity index (χ3n) is 3.83. The second kappa shape index (κ2) is 5.81. The molecule has 0 radical (unpaired) electrons. The zero-order valence-corrected chi connectivity index (χ0v) is 12.1. The smallest absolute Gasteiger partial charge is 0.317 e. The molecule has 21 heavy (non-hydrogen) atoms. The molecule has 0 aliphatic carbocycles. The second-order valence-corrected chi connectivity index (χ2v) is 5.75. The number of aliphatic carboxylic acids is 1. The Bertz CT molecular complexity index is 576. The Morgan fingerprint density at radius 2 is 2.19 bits per heavy atom.